The third-order valence-electron chi connectivity index (χ3n) is 1.97. The van der Waals surface area contributed by atoms with Crippen LogP contribution >= 0.6 is 0 Å². The lowest BCUT2D eigenvalue weighted by Gasteiger charge is -2.31. The molecule has 0 radical (unpaired) electrons. The average Bonchev–Trinajstić information content (AvgIpc) is 1.89. The van der Waals surface area contributed by atoms with E-state index in [0.717, 1.165) is 4.59 Å². The van der Waals surface area contributed by atoms with E-state index in [9.17, 15) is 0 Å². The fraction of sp³-hybridized carbons (Fsp3) is 1.00. The average molecular weight is 145 g/mol. The molecule has 1 N–H and O–H groups in total. The van der Waals surface area contributed by atoms with E-state index in [4.69, 9.17) is 0 Å². The van der Waals surface area contributed by atoms with Gasteiger partial charge < -0.3 is 0 Å². The topological polar surface area (TPSA) is 12.0 Å². The molecule has 0 atom stereocenters. The minimum absolute atomic E-state index is 1.01. The van der Waals surface area contributed by atoms with Crippen LogP contribution in [0.1, 0.15) is 26.7 Å². The summed E-state index contributed by atoms with van der Waals surface area (Å²) in [5, 5.41) is 0. The zero-order valence-corrected chi connectivity index (χ0v) is 7.78. The van der Waals surface area contributed by atoms with Gasteiger partial charge in [-0.1, -0.05) is 13.8 Å². The van der Waals surface area contributed by atoms with Crippen LogP contribution in [0.3, 0.4) is 0 Å². The van der Waals surface area contributed by atoms with Gasteiger partial charge in [0, 0.05) is 7.05 Å². The molecule has 0 aliphatic heterocycles. The molecule has 0 unspecified atom stereocenters. The Kier molecular flexibility index (Phi) is 4.65. The second-order valence-electron chi connectivity index (χ2n) is 3.07. The van der Waals surface area contributed by atoms with Crippen molar-refractivity contribution in [3.05, 3.63) is 0 Å². The van der Waals surface area contributed by atoms with Crippen LogP contribution < -0.4 is 5.43 Å². The van der Waals surface area contributed by atoms with Gasteiger partial charge >= 0.3 is 0 Å². The molecule has 0 bridgehead atoms. The van der Waals surface area contributed by atoms with E-state index < -0.39 is 0 Å². The number of quaternary nitrogens is 1. The second-order valence-corrected chi connectivity index (χ2v) is 3.07. The van der Waals surface area contributed by atoms with Crippen LogP contribution in [0.4, 0.5) is 0 Å². The van der Waals surface area contributed by atoms with Crippen molar-refractivity contribution in [3.63, 3.8) is 0 Å². The highest BCUT2D eigenvalue weighted by atomic mass is 15.6. The van der Waals surface area contributed by atoms with E-state index >= 15 is 0 Å². The van der Waals surface area contributed by atoms with E-state index in [1.165, 1.54) is 25.9 Å². The molecule has 0 aromatic heterocycles. The molecule has 0 saturated heterocycles. The zero-order valence-electron chi connectivity index (χ0n) is 7.78. The predicted octanol–water partition coefficient (Wildman–Crippen LogP) is 1.39. The van der Waals surface area contributed by atoms with Gasteiger partial charge in [-0.15, -0.1) is 0 Å². The van der Waals surface area contributed by atoms with E-state index in [-0.39, 0.29) is 0 Å². The van der Waals surface area contributed by atoms with Gasteiger partial charge in [0.15, 0.2) is 0 Å². The summed E-state index contributed by atoms with van der Waals surface area (Å²) in [7, 11) is 4.28. The van der Waals surface area contributed by atoms with Crippen molar-refractivity contribution in [3.8, 4) is 0 Å². The Labute approximate surface area is 64.8 Å². The molecule has 0 spiro atoms. The summed E-state index contributed by atoms with van der Waals surface area (Å²) in [5.74, 6) is 0. The molecule has 0 aliphatic rings. The standard InChI is InChI=1S/C8H21N2/c1-5-7-10(4,9-3)8-6-2/h9H,5-8H2,1-4H3/q+1. The van der Waals surface area contributed by atoms with Crippen LogP contribution in [-0.2, 0) is 0 Å². The second kappa shape index (κ2) is 4.69. The SMILES string of the molecule is CCC[N+](C)(CCC)NC. The first kappa shape index (κ1) is 9.92. The molecular formula is C8H21N2+. The molecule has 2 heteroatoms. The Morgan fingerprint density at radius 3 is 1.70 bits per heavy atom. The van der Waals surface area contributed by atoms with Crippen LogP contribution in [0.2, 0.25) is 0 Å². The fourth-order valence-electron chi connectivity index (χ4n) is 1.32. The molecule has 62 valence electrons. The summed E-state index contributed by atoms with van der Waals surface area (Å²) < 4.78 is 1.01. The minimum Gasteiger partial charge on any atom is -0.248 e. The van der Waals surface area contributed by atoms with Crippen LogP contribution in [-0.4, -0.2) is 31.8 Å². The maximum absolute atomic E-state index is 3.32. The summed E-state index contributed by atoms with van der Waals surface area (Å²) in [6.45, 7) is 6.90. The first-order chi connectivity index (χ1) is 4.68. The van der Waals surface area contributed by atoms with E-state index in [0.29, 0.717) is 0 Å². The number of rotatable bonds is 5. The monoisotopic (exact) mass is 145 g/mol. The maximum atomic E-state index is 3.32. The zero-order chi connectivity index (χ0) is 8.04. The van der Waals surface area contributed by atoms with Crippen molar-refractivity contribution in [2.24, 2.45) is 0 Å². The molecule has 0 aromatic rings. The summed E-state index contributed by atoms with van der Waals surface area (Å²) >= 11 is 0. The predicted molar refractivity (Wildman–Crippen MR) is 45.6 cm³/mol. The Bertz CT molecular complexity index is 75.3. The third kappa shape index (κ3) is 3.18. The van der Waals surface area contributed by atoms with Crippen LogP contribution in [0.25, 0.3) is 0 Å². The van der Waals surface area contributed by atoms with E-state index in [1.54, 1.807) is 0 Å². The highest BCUT2D eigenvalue weighted by Gasteiger charge is 2.15. The number of nitrogens with one attached hydrogen (secondary N) is 1. The fourth-order valence-corrected chi connectivity index (χ4v) is 1.32. The quantitative estimate of drug-likeness (QED) is 0.455. The molecule has 10 heavy (non-hydrogen) atoms. The molecule has 0 saturated carbocycles. The van der Waals surface area contributed by atoms with Gasteiger partial charge in [-0.05, 0) is 12.8 Å². The molecule has 0 fully saturated rings. The Morgan fingerprint density at radius 1 is 1.10 bits per heavy atom. The van der Waals surface area contributed by atoms with Crippen LogP contribution in [0.5, 0.6) is 0 Å². The maximum Gasteiger partial charge on any atom is 0.0957 e. The summed E-state index contributed by atoms with van der Waals surface area (Å²) in [4.78, 5) is 0. The van der Waals surface area contributed by atoms with Gasteiger partial charge in [0.1, 0.15) is 0 Å². The molecule has 2 nitrogen and oxygen atoms in total. The first-order valence-electron chi connectivity index (χ1n) is 4.22. The van der Waals surface area contributed by atoms with Gasteiger partial charge in [-0.25, -0.2) is 4.59 Å². The van der Waals surface area contributed by atoms with Crippen LogP contribution in [0.15, 0.2) is 0 Å². The van der Waals surface area contributed by atoms with Crippen LogP contribution in [0, 0.1) is 0 Å². The molecule has 0 heterocycles. The molecule has 0 aliphatic carbocycles. The Balaban J connectivity index is 3.69. The molecular weight excluding hydrogens is 124 g/mol. The Hall–Kier alpha value is -0.0800. The van der Waals surface area contributed by atoms with Crippen molar-refractivity contribution in [2.45, 2.75) is 26.7 Å². The lowest BCUT2D eigenvalue weighted by Crippen LogP contribution is -2.54. The van der Waals surface area contributed by atoms with E-state index in [2.05, 4.69) is 26.3 Å². The van der Waals surface area contributed by atoms with Crippen molar-refractivity contribution < 1.29 is 4.59 Å². The largest absolute Gasteiger partial charge is 0.248 e. The molecule has 0 rings (SSSR count). The third-order valence-corrected chi connectivity index (χ3v) is 1.97. The van der Waals surface area contributed by atoms with Gasteiger partial charge in [0.05, 0.1) is 20.1 Å². The number of hydrogen-bond donors (Lipinski definition) is 1. The molecule has 0 amide bonds. The lowest BCUT2D eigenvalue weighted by atomic mass is 10.3. The lowest BCUT2D eigenvalue weighted by molar-refractivity contribution is -0.950. The minimum atomic E-state index is 1.01. The number of hydrogen-bond acceptors (Lipinski definition) is 1. The van der Waals surface area contributed by atoms with Crippen molar-refractivity contribution >= 4 is 0 Å². The first-order valence-corrected chi connectivity index (χ1v) is 4.22. The van der Waals surface area contributed by atoms with Crippen molar-refractivity contribution in [1.29, 1.82) is 0 Å². The van der Waals surface area contributed by atoms with Gasteiger partial charge in [0.2, 0.25) is 0 Å². The highest BCUT2D eigenvalue weighted by Crippen LogP contribution is 1.99. The van der Waals surface area contributed by atoms with Gasteiger partial charge in [-0.2, -0.15) is 5.43 Å². The van der Waals surface area contributed by atoms with Gasteiger partial charge in [0.25, 0.3) is 0 Å². The summed E-state index contributed by atoms with van der Waals surface area (Å²) in [5.41, 5.74) is 3.32. The number of nitrogens with zero attached hydrogens (tertiary/aromatic N) is 1. The normalized spacial score (nSPS) is 12.0. The smallest absolute Gasteiger partial charge is 0.0957 e. The van der Waals surface area contributed by atoms with E-state index in [1.807, 2.05) is 7.05 Å². The molecule has 0 aromatic carbocycles. The van der Waals surface area contributed by atoms with Crippen molar-refractivity contribution in [1.82, 2.24) is 5.43 Å². The van der Waals surface area contributed by atoms with Crippen molar-refractivity contribution in [2.75, 3.05) is 27.2 Å². The summed E-state index contributed by atoms with van der Waals surface area (Å²) in [6.07, 6.45) is 2.49. The van der Waals surface area contributed by atoms with Gasteiger partial charge in [-0.3, -0.25) is 0 Å². The highest BCUT2D eigenvalue weighted by molar-refractivity contribution is 4.30. The summed E-state index contributed by atoms with van der Waals surface area (Å²) in [6, 6.07) is 0. The Morgan fingerprint density at radius 2 is 1.50 bits per heavy atom.